The Balaban J connectivity index is 1.76. The molecule has 0 bridgehead atoms. The summed E-state index contributed by atoms with van der Waals surface area (Å²) in [5.41, 5.74) is 7.43. The van der Waals surface area contributed by atoms with Crippen LogP contribution in [0.3, 0.4) is 0 Å². The van der Waals surface area contributed by atoms with Crippen LogP contribution in [0.5, 0.6) is 0 Å². The number of anilines is 1. The molecule has 2 aromatic rings. The van der Waals surface area contributed by atoms with Gasteiger partial charge in [-0.25, -0.2) is 0 Å². The van der Waals surface area contributed by atoms with Crippen LogP contribution in [-0.2, 0) is 16.2 Å². The van der Waals surface area contributed by atoms with Crippen molar-refractivity contribution in [2.75, 3.05) is 11.6 Å². The summed E-state index contributed by atoms with van der Waals surface area (Å²) in [6.07, 6.45) is 10.6. The van der Waals surface area contributed by atoms with E-state index in [0.29, 0.717) is 0 Å². The molecule has 0 spiro atoms. The quantitative estimate of drug-likeness (QED) is 0.867. The molecule has 2 nitrogen and oxygen atoms in total. The molecule has 2 aromatic carbocycles. The highest BCUT2D eigenvalue weighted by Gasteiger charge is 2.50. The van der Waals surface area contributed by atoms with E-state index in [2.05, 4.69) is 60.8 Å². The first-order chi connectivity index (χ1) is 12.1. The SMILES string of the molecule is CS(=O)c1ccccc1C1=CC=C2C=Cc3cccc4c3C2(C)C1N4. The number of benzene rings is 2. The first-order valence-electron chi connectivity index (χ1n) is 8.54. The third-order valence-electron chi connectivity index (χ3n) is 5.80. The minimum Gasteiger partial charge on any atom is -0.377 e. The van der Waals surface area contributed by atoms with Gasteiger partial charge in [0.1, 0.15) is 0 Å². The summed E-state index contributed by atoms with van der Waals surface area (Å²) in [6, 6.07) is 14.7. The van der Waals surface area contributed by atoms with Gasteiger partial charge in [-0.1, -0.05) is 54.6 Å². The van der Waals surface area contributed by atoms with Crippen molar-refractivity contribution in [2.45, 2.75) is 23.3 Å². The predicted molar refractivity (Wildman–Crippen MR) is 105 cm³/mol. The Hall–Kier alpha value is -2.39. The molecular formula is C22H19NOS. The zero-order valence-electron chi connectivity index (χ0n) is 14.2. The van der Waals surface area contributed by atoms with Gasteiger partial charge in [0, 0.05) is 22.3 Å². The minimum absolute atomic E-state index is 0.0902. The first-order valence-corrected chi connectivity index (χ1v) is 10.1. The Labute approximate surface area is 150 Å². The van der Waals surface area contributed by atoms with Gasteiger partial charge < -0.3 is 5.32 Å². The average molecular weight is 345 g/mol. The fraction of sp³-hybridized carbons (Fsp3) is 0.182. The molecule has 3 aliphatic rings. The standard InChI is InChI=1S/C22H19NOS/c1-22-15-11-10-14-6-5-8-18(20(14)22)23-21(22)17(13-12-15)16-7-3-4-9-19(16)25(2)24/h3-13,21,23H,1-2H3. The molecule has 0 saturated carbocycles. The van der Waals surface area contributed by atoms with Gasteiger partial charge in [-0.2, -0.15) is 0 Å². The molecule has 2 aliphatic carbocycles. The highest BCUT2D eigenvalue weighted by atomic mass is 32.2. The zero-order valence-corrected chi connectivity index (χ0v) is 15.1. The highest BCUT2D eigenvalue weighted by molar-refractivity contribution is 7.84. The lowest BCUT2D eigenvalue weighted by atomic mass is 9.64. The van der Waals surface area contributed by atoms with Gasteiger partial charge in [0.25, 0.3) is 0 Å². The maximum absolute atomic E-state index is 12.3. The molecule has 0 amide bonds. The van der Waals surface area contributed by atoms with Crippen LogP contribution in [0.15, 0.2) is 71.2 Å². The molecule has 1 aliphatic heterocycles. The molecule has 3 unspecified atom stereocenters. The molecule has 0 saturated heterocycles. The van der Waals surface area contributed by atoms with E-state index in [1.165, 1.54) is 28.0 Å². The molecule has 0 radical (unpaired) electrons. The van der Waals surface area contributed by atoms with E-state index in [1.807, 2.05) is 18.2 Å². The normalized spacial score (nSPS) is 26.4. The summed E-state index contributed by atoms with van der Waals surface area (Å²) >= 11 is 0. The first kappa shape index (κ1) is 14.9. The van der Waals surface area contributed by atoms with Crippen LogP contribution in [0.2, 0.25) is 0 Å². The zero-order chi connectivity index (χ0) is 17.2. The summed E-state index contributed by atoms with van der Waals surface area (Å²) in [5.74, 6) is 0. The highest BCUT2D eigenvalue weighted by Crippen LogP contribution is 2.55. The van der Waals surface area contributed by atoms with Crippen LogP contribution in [-0.4, -0.2) is 16.5 Å². The third kappa shape index (κ3) is 1.87. The van der Waals surface area contributed by atoms with Crippen LogP contribution >= 0.6 is 0 Å². The second-order valence-corrected chi connectivity index (χ2v) is 8.43. The lowest BCUT2D eigenvalue weighted by Gasteiger charge is -2.40. The van der Waals surface area contributed by atoms with Crippen molar-refractivity contribution in [3.63, 3.8) is 0 Å². The van der Waals surface area contributed by atoms with E-state index in [9.17, 15) is 4.21 Å². The Kier molecular flexibility index (Phi) is 3.02. The van der Waals surface area contributed by atoms with Crippen LogP contribution in [0.4, 0.5) is 5.69 Å². The second kappa shape index (κ2) is 5.06. The van der Waals surface area contributed by atoms with Crippen molar-refractivity contribution in [2.24, 2.45) is 0 Å². The van der Waals surface area contributed by atoms with Crippen LogP contribution in [0, 0.1) is 0 Å². The van der Waals surface area contributed by atoms with Gasteiger partial charge in [-0.3, -0.25) is 4.21 Å². The molecular weight excluding hydrogens is 326 g/mol. The van der Waals surface area contributed by atoms with Gasteiger partial charge in [0.15, 0.2) is 0 Å². The average Bonchev–Trinajstić information content (AvgIpc) is 2.93. The van der Waals surface area contributed by atoms with E-state index in [1.54, 1.807) is 6.26 Å². The summed E-state index contributed by atoms with van der Waals surface area (Å²) in [7, 11) is -1.02. The fourth-order valence-corrected chi connectivity index (χ4v) is 5.38. The lowest BCUT2D eigenvalue weighted by molar-refractivity contribution is 0.560. The Morgan fingerprint density at radius 2 is 1.88 bits per heavy atom. The monoisotopic (exact) mass is 345 g/mol. The third-order valence-corrected chi connectivity index (χ3v) is 6.77. The summed E-state index contributed by atoms with van der Waals surface area (Å²) in [6.45, 7) is 2.33. The van der Waals surface area contributed by atoms with Gasteiger partial charge in [-0.05, 0) is 46.9 Å². The number of hydrogen-bond acceptors (Lipinski definition) is 2. The van der Waals surface area contributed by atoms with Crippen LogP contribution in [0.1, 0.15) is 23.6 Å². The maximum atomic E-state index is 12.3. The van der Waals surface area contributed by atoms with Gasteiger partial charge in [-0.15, -0.1) is 0 Å². The molecule has 124 valence electrons. The van der Waals surface area contributed by atoms with Gasteiger partial charge in [0.05, 0.1) is 16.8 Å². The predicted octanol–water partition coefficient (Wildman–Crippen LogP) is 4.53. The number of nitrogens with one attached hydrogen (secondary N) is 1. The summed E-state index contributed by atoms with van der Waals surface area (Å²) in [4.78, 5) is 0.901. The maximum Gasteiger partial charge on any atom is 0.0655 e. The number of allylic oxidation sites excluding steroid dienone is 3. The molecule has 1 heterocycles. The van der Waals surface area contributed by atoms with Crippen molar-refractivity contribution in [1.29, 1.82) is 0 Å². The van der Waals surface area contributed by atoms with Crippen molar-refractivity contribution in [3.8, 4) is 0 Å². The van der Waals surface area contributed by atoms with Gasteiger partial charge >= 0.3 is 0 Å². The molecule has 3 heteroatoms. The largest absolute Gasteiger partial charge is 0.377 e. The molecule has 0 aromatic heterocycles. The number of hydrogen-bond donors (Lipinski definition) is 1. The van der Waals surface area contributed by atoms with E-state index in [0.717, 1.165) is 10.5 Å². The minimum atomic E-state index is -1.02. The molecule has 3 atom stereocenters. The summed E-state index contributed by atoms with van der Waals surface area (Å²) in [5, 5.41) is 3.75. The van der Waals surface area contributed by atoms with E-state index >= 15 is 0 Å². The molecule has 25 heavy (non-hydrogen) atoms. The molecule has 1 N–H and O–H groups in total. The molecule has 0 fully saturated rings. The Bertz CT molecular complexity index is 1030. The van der Waals surface area contributed by atoms with E-state index < -0.39 is 10.8 Å². The summed E-state index contributed by atoms with van der Waals surface area (Å²) < 4.78 is 12.3. The second-order valence-electron chi connectivity index (χ2n) is 7.08. The van der Waals surface area contributed by atoms with Crippen molar-refractivity contribution >= 4 is 28.1 Å². The molecule has 5 rings (SSSR count). The van der Waals surface area contributed by atoms with E-state index in [4.69, 9.17) is 0 Å². The Morgan fingerprint density at radius 1 is 1.04 bits per heavy atom. The topological polar surface area (TPSA) is 29.1 Å². The van der Waals surface area contributed by atoms with Crippen LogP contribution < -0.4 is 5.32 Å². The van der Waals surface area contributed by atoms with Crippen molar-refractivity contribution in [1.82, 2.24) is 0 Å². The fourth-order valence-electron chi connectivity index (χ4n) is 4.61. The number of rotatable bonds is 2. The smallest absolute Gasteiger partial charge is 0.0655 e. The van der Waals surface area contributed by atoms with Crippen LogP contribution in [0.25, 0.3) is 11.6 Å². The van der Waals surface area contributed by atoms with Crippen molar-refractivity contribution < 1.29 is 4.21 Å². The van der Waals surface area contributed by atoms with Crippen molar-refractivity contribution in [3.05, 3.63) is 83.0 Å². The Morgan fingerprint density at radius 3 is 2.72 bits per heavy atom. The van der Waals surface area contributed by atoms with E-state index in [-0.39, 0.29) is 11.5 Å². The van der Waals surface area contributed by atoms with Gasteiger partial charge in [0.2, 0.25) is 0 Å². The lowest BCUT2D eigenvalue weighted by Crippen LogP contribution is -2.41.